The fraction of sp³-hybridized carbons (Fsp3) is 0.696. The van der Waals surface area contributed by atoms with E-state index in [9.17, 15) is 4.79 Å². The number of amides is 1. The molecule has 0 aromatic heterocycles. The molecule has 2 saturated carbocycles. The molecule has 1 aromatic rings. The SMILES string of the molecule is O=C(NCC1CCC(CCCCCNCC2CC2)CC1)Oc1ccc(Cl)cc1. The Hall–Kier alpha value is -1.26. The molecule has 2 fully saturated rings. The van der Waals surface area contributed by atoms with Crippen LogP contribution in [0.25, 0.3) is 0 Å². The van der Waals surface area contributed by atoms with E-state index in [1.807, 2.05) is 0 Å². The highest BCUT2D eigenvalue weighted by molar-refractivity contribution is 6.30. The Balaban J connectivity index is 1.18. The number of halogens is 1. The van der Waals surface area contributed by atoms with Crippen LogP contribution in [0, 0.1) is 17.8 Å². The molecule has 0 heterocycles. The van der Waals surface area contributed by atoms with Crippen molar-refractivity contribution < 1.29 is 9.53 Å². The zero-order valence-corrected chi connectivity index (χ0v) is 17.7. The summed E-state index contributed by atoms with van der Waals surface area (Å²) in [6, 6.07) is 6.85. The molecule has 0 aliphatic heterocycles. The van der Waals surface area contributed by atoms with Crippen molar-refractivity contribution in [3.05, 3.63) is 29.3 Å². The molecule has 4 nitrogen and oxygen atoms in total. The van der Waals surface area contributed by atoms with Crippen molar-refractivity contribution in [2.45, 2.75) is 64.2 Å². The van der Waals surface area contributed by atoms with Crippen molar-refractivity contribution in [2.75, 3.05) is 19.6 Å². The molecule has 5 heteroatoms. The molecule has 2 aliphatic carbocycles. The highest BCUT2D eigenvalue weighted by Gasteiger charge is 2.22. The summed E-state index contributed by atoms with van der Waals surface area (Å²) in [6.45, 7) is 3.15. The van der Waals surface area contributed by atoms with Crippen LogP contribution in [-0.4, -0.2) is 25.7 Å². The van der Waals surface area contributed by atoms with E-state index in [1.54, 1.807) is 24.3 Å². The van der Waals surface area contributed by atoms with E-state index in [2.05, 4.69) is 10.6 Å². The molecule has 0 spiro atoms. The molecule has 2 N–H and O–H groups in total. The summed E-state index contributed by atoms with van der Waals surface area (Å²) in [5, 5.41) is 7.13. The molecule has 0 bridgehead atoms. The Labute approximate surface area is 174 Å². The summed E-state index contributed by atoms with van der Waals surface area (Å²) in [4.78, 5) is 11.9. The van der Waals surface area contributed by atoms with Crippen molar-refractivity contribution in [2.24, 2.45) is 17.8 Å². The molecule has 1 aromatic carbocycles. The quantitative estimate of drug-likeness (QED) is 0.457. The van der Waals surface area contributed by atoms with Crippen molar-refractivity contribution in [3.63, 3.8) is 0 Å². The van der Waals surface area contributed by atoms with Gasteiger partial charge >= 0.3 is 6.09 Å². The van der Waals surface area contributed by atoms with Crippen LogP contribution in [0.15, 0.2) is 24.3 Å². The lowest BCUT2D eigenvalue weighted by atomic mass is 9.80. The van der Waals surface area contributed by atoms with Gasteiger partial charge in [-0.2, -0.15) is 0 Å². The third kappa shape index (κ3) is 8.40. The lowest BCUT2D eigenvalue weighted by molar-refractivity contribution is 0.193. The number of carbonyl (C=O) groups excluding carboxylic acids is 1. The largest absolute Gasteiger partial charge is 0.412 e. The van der Waals surface area contributed by atoms with Gasteiger partial charge in [-0.05, 0) is 87.2 Å². The molecule has 28 heavy (non-hydrogen) atoms. The summed E-state index contributed by atoms with van der Waals surface area (Å²) in [5.74, 6) is 2.98. The molecule has 0 radical (unpaired) electrons. The topological polar surface area (TPSA) is 50.4 Å². The van der Waals surface area contributed by atoms with Crippen LogP contribution in [0.3, 0.4) is 0 Å². The van der Waals surface area contributed by atoms with Gasteiger partial charge in [0.05, 0.1) is 0 Å². The summed E-state index contributed by atoms with van der Waals surface area (Å²) in [7, 11) is 0. The van der Waals surface area contributed by atoms with E-state index < -0.39 is 0 Å². The van der Waals surface area contributed by atoms with E-state index in [-0.39, 0.29) is 6.09 Å². The molecule has 156 valence electrons. The number of carbonyl (C=O) groups is 1. The van der Waals surface area contributed by atoms with Crippen LogP contribution in [0.5, 0.6) is 5.75 Å². The first-order valence-electron chi connectivity index (χ1n) is 11.1. The summed E-state index contributed by atoms with van der Waals surface area (Å²) >= 11 is 5.84. The van der Waals surface area contributed by atoms with Gasteiger partial charge in [0, 0.05) is 11.6 Å². The first-order chi connectivity index (χ1) is 13.7. The second-order valence-corrected chi connectivity index (χ2v) is 9.04. The average molecular weight is 407 g/mol. The first kappa shape index (κ1) is 21.4. The highest BCUT2D eigenvalue weighted by atomic mass is 35.5. The van der Waals surface area contributed by atoms with Crippen molar-refractivity contribution >= 4 is 17.7 Å². The Morgan fingerprint density at radius 3 is 2.25 bits per heavy atom. The molecule has 0 unspecified atom stereocenters. The van der Waals surface area contributed by atoms with E-state index in [4.69, 9.17) is 16.3 Å². The van der Waals surface area contributed by atoms with Gasteiger partial charge < -0.3 is 15.4 Å². The van der Waals surface area contributed by atoms with E-state index in [0.29, 0.717) is 23.2 Å². The predicted molar refractivity (Wildman–Crippen MR) is 115 cm³/mol. The standard InChI is InChI=1S/C23H35ClN2O2/c24-21-11-13-22(14-12-21)28-23(27)26-17-20-7-5-18(6-8-20)4-2-1-3-15-25-16-19-9-10-19/h11-14,18-20,25H,1-10,15-17H2,(H,26,27). The summed E-state index contributed by atoms with van der Waals surface area (Å²) < 4.78 is 5.28. The fourth-order valence-electron chi connectivity index (χ4n) is 4.09. The number of ether oxygens (including phenoxy) is 1. The number of unbranched alkanes of at least 4 members (excludes halogenated alkanes) is 2. The van der Waals surface area contributed by atoms with Gasteiger partial charge in [-0.25, -0.2) is 4.79 Å². The minimum Gasteiger partial charge on any atom is -0.410 e. The van der Waals surface area contributed by atoms with E-state index in [0.717, 1.165) is 11.8 Å². The van der Waals surface area contributed by atoms with Gasteiger partial charge in [0.15, 0.2) is 0 Å². The lowest BCUT2D eigenvalue weighted by Gasteiger charge is -2.28. The van der Waals surface area contributed by atoms with Crippen LogP contribution < -0.4 is 15.4 Å². The van der Waals surface area contributed by atoms with Gasteiger partial charge in [-0.3, -0.25) is 0 Å². The third-order valence-corrected chi connectivity index (χ3v) is 6.37. The first-order valence-corrected chi connectivity index (χ1v) is 11.5. The minimum atomic E-state index is -0.375. The van der Waals surface area contributed by atoms with Crippen molar-refractivity contribution in [1.29, 1.82) is 0 Å². The second kappa shape index (κ2) is 11.7. The molecule has 1 amide bonds. The predicted octanol–water partition coefficient (Wildman–Crippen LogP) is 5.79. The van der Waals surface area contributed by atoms with Crippen LogP contribution in [0.2, 0.25) is 5.02 Å². The molecule has 3 rings (SSSR count). The van der Waals surface area contributed by atoms with Gasteiger partial charge in [-0.1, -0.05) is 43.7 Å². The highest BCUT2D eigenvalue weighted by Crippen LogP contribution is 2.32. The molecule has 0 saturated heterocycles. The second-order valence-electron chi connectivity index (χ2n) is 8.61. The maximum atomic E-state index is 11.9. The van der Waals surface area contributed by atoms with Crippen molar-refractivity contribution in [1.82, 2.24) is 10.6 Å². The minimum absolute atomic E-state index is 0.375. The zero-order chi connectivity index (χ0) is 19.6. The van der Waals surface area contributed by atoms with Gasteiger partial charge in [-0.15, -0.1) is 0 Å². The normalized spacial score (nSPS) is 22.0. The smallest absolute Gasteiger partial charge is 0.410 e. The Morgan fingerprint density at radius 2 is 1.54 bits per heavy atom. The number of benzene rings is 1. The van der Waals surface area contributed by atoms with Gasteiger partial charge in [0.2, 0.25) is 0 Å². The van der Waals surface area contributed by atoms with Crippen LogP contribution in [0.4, 0.5) is 4.79 Å². The molecular weight excluding hydrogens is 372 g/mol. The Morgan fingerprint density at radius 1 is 0.893 bits per heavy atom. The average Bonchev–Trinajstić information content (AvgIpc) is 3.53. The van der Waals surface area contributed by atoms with Crippen LogP contribution in [0.1, 0.15) is 64.2 Å². The lowest BCUT2D eigenvalue weighted by Crippen LogP contribution is -2.33. The molecule has 2 aliphatic rings. The monoisotopic (exact) mass is 406 g/mol. The number of nitrogens with one attached hydrogen (secondary N) is 2. The number of rotatable bonds is 11. The Bertz CT molecular complexity index is 581. The Kier molecular flexibility index (Phi) is 8.94. The fourth-order valence-corrected chi connectivity index (χ4v) is 4.21. The molecule has 0 atom stereocenters. The summed E-state index contributed by atoms with van der Waals surface area (Å²) in [5.41, 5.74) is 0. The number of hydrogen-bond acceptors (Lipinski definition) is 3. The third-order valence-electron chi connectivity index (χ3n) is 6.12. The van der Waals surface area contributed by atoms with Crippen molar-refractivity contribution in [3.8, 4) is 5.75 Å². The van der Waals surface area contributed by atoms with Gasteiger partial charge in [0.25, 0.3) is 0 Å². The maximum Gasteiger partial charge on any atom is 0.412 e. The van der Waals surface area contributed by atoms with Crippen LogP contribution >= 0.6 is 11.6 Å². The maximum absolute atomic E-state index is 11.9. The number of hydrogen-bond donors (Lipinski definition) is 2. The summed E-state index contributed by atoms with van der Waals surface area (Å²) in [6.07, 6.45) is 13.0. The van der Waals surface area contributed by atoms with E-state index in [1.165, 1.54) is 77.3 Å². The van der Waals surface area contributed by atoms with Crippen LogP contribution in [-0.2, 0) is 0 Å². The van der Waals surface area contributed by atoms with E-state index >= 15 is 0 Å². The molecular formula is C23H35ClN2O2. The zero-order valence-electron chi connectivity index (χ0n) is 16.9. The van der Waals surface area contributed by atoms with Gasteiger partial charge in [0.1, 0.15) is 5.75 Å².